The number of carbonyl (C=O) groups is 3. The van der Waals surface area contributed by atoms with Gasteiger partial charge in [-0.05, 0) is 54.7 Å². The maximum atomic E-state index is 12.1. The van der Waals surface area contributed by atoms with Crippen LogP contribution in [0.1, 0.15) is 87.9 Å². The van der Waals surface area contributed by atoms with Crippen molar-refractivity contribution >= 4 is 17.8 Å². The molecule has 0 unspecified atom stereocenters. The molecule has 0 aromatic heterocycles. The monoisotopic (exact) mass is 519 g/mol. The van der Waals surface area contributed by atoms with Gasteiger partial charge in [-0.1, -0.05) is 82.6 Å². The molecule has 0 saturated heterocycles. The molecule has 3 rings (SSSR count). The van der Waals surface area contributed by atoms with E-state index in [1.54, 1.807) is 0 Å². The molecule has 2 aromatic carbocycles. The fourth-order valence-electron chi connectivity index (χ4n) is 4.39. The van der Waals surface area contributed by atoms with Gasteiger partial charge in [-0.25, -0.2) is 4.79 Å². The van der Waals surface area contributed by atoms with Gasteiger partial charge in [0.05, 0.1) is 18.8 Å². The molecule has 2 amide bonds. The van der Waals surface area contributed by atoms with Crippen LogP contribution in [0.4, 0.5) is 0 Å². The minimum Gasteiger partial charge on any atom is -0.494 e. The van der Waals surface area contributed by atoms with Crippen LogP contribution in [-0.4, -0.2) is 42.4 Å². The molecule has 6 heteroatoms. The zero-order chi connectivity index (χ0) is 27.0. The predicted octanol–water partition coefficient (Wildman–Crippen LogP) is 7.13. The molecule has 0 bridgehead atoms. The number of rotatable bonds is 18. The molecule has 204 valence electrons. The van der Waals surface area contributed by atoms with Crippen molar-refractivity contribution < 1.29 is 23.9 Å². The Morgan fingerprint density at radius 3 is 1.76 bits per heavy atom. The number of benzene rings is 2. The number of ether oxygens (including phenoxy) is 2. The van der Waals surface area contributed by atoms with Gasteiger partial charge in [-0.15, -0.1) is 0 Å². The summed E-state index contributed by atoms with van der Waals surface area (Å²) in [5.41, 5.74) is 2.71. The number of hydrogen-bond acceptors (Lipinski definition) is 5. The summed E-state index contributed by atoms with van der Waals surface area (Å²) < 4.78 is 11.2. The van der Waals surface area contributed by atoms with Gasteiger partial charge in [-0.3, -0.25) is 14.5 Å². The van der Waals surface area contributed by atoms with E-state index >= 15 is 0 Å². The van der Waals surface area contributed by atoms with Gasteiger partial charge >= 0.3 is 5.97 Å². The van der Waals surface area contributed by atoms with Gasteiger partial charge < -0.3 is 9.47 Å². The van der Waals surface area contributed by atoms with E-state index in [9.17, 15) is 14.4 Å². The second-order valence-corrected chi connectivity index (χ2v) is 9.78. The van der Waals surface area contributed by atoms with E-state index in [2.05, 4.69) is 6.92 Å². The molecule has 2 aromatic rings. The molecule has 0 radical (unpaired) electrons. The van der Waals surface area contributed by atoms with Crippen molar-refractivity contribution in [2.75, 3.05) is 19.8 Å². The molecule has 1 aliphatic rings. The number of amides is 2. The first-order valence-electron chi connectivity index (χ1n) is 14.1. The molecule has 0 spiro atoms. The van der Waals surface area contributed by atoms with E-state index in [0.717, 1.165) is 68.4 Å². The molecule has 6 nitrogen and oxygen atoms in total. The molecular formula is C32H41NO5. The molecule has 0 fully saturated rings. The maximum Gasteiger partial charge on any atom is 0.338 e. The van der Waals surface area contributed by atoms with Crippen molar-refractivity contribution in [3.8, 4) is 16.9 Å². The SMILES string of the molecule is CCCCOC(=O)c1ccc(-c2ccc(OCCCCCCCCCCCN3C(=O)C=CC3=O)cc2)cc1. The van der Waals surface area contributed by atoms with Crippen LogP contribution in [0.2, 0.25) is 0 Å². The second kappa shape index (κ2) is 16.4. The first-order chi connectivity index (χ1) is 18.6. The lowest BCUT2D eigenvalue weighted by Crippen LogP contribution is -2.30. The third-order valence-electron chi connectivity index (χ3n) is 6.73. The zero-order valence-corrected chi connectivity index (χ0v) is 22.7. The first-order valence-corrected chi connectivity index (χ1v) is 14.1. The topological polar surface area (TPSA) is 72.9 Å². The summed E-state index contributed by atoms with van der Waals surface area (Å²) in [7, 11) is 0. The molecule has 0 aliphatic carbocycles. The zero-order valence-electron chi connectivity index (χ0n) is 22.7. The van der Waals surface area contributed by atoms with Crippen LogP contribution in [0.25, 0.3) is 11.1 Å². The van der Waals surface area contributed by atoms with E-state index in [-0.39, 0.29) is 17.8 Å². The van der Waals surface area contributed by atoms with Crippen LogP contribution in [0.15, 0.2) is 60.7 Å². The van der Waals surface area contributed by atoms with E-state index in [1.165, 1.54) is 42.7 Å². The van der Waals surface area contributed by atoms with Crippen LogP contribution in [0, 0.1) is 0 Å². The number of esters is 1. The molecule has 0 saturated carbocycles. The Morgan fingerprint density at radius 2 is 1.18 bits per heavy atom. The predicted molar refractivity (Wildman–Crippen MR) is 150 cm³/mol. The van der Waals surface area contributed by atoms with Gasteiger partial charge in [0.1, 0.15) is 5.75 Å². The highest BCUT2D eigenvalue weighted by Gasteiger charge is 2.22. The van der Waals surface area contributed by atoms with Gasteiger partial charge in [-0.2, -0.15) is 0 Å². The minimum absolute atomic E-state index is 0.180. The summed E-state index contributed by atoms with van der Waals surface area (Å²) >= 11 is 0. The third kappa shape index (κ3) is 9.81. The summed E-state index contributed by atoms with van der Waals surface area (Å²) in [6.07, 6.45) is 14.8. The van der Waals surface area contributed by atoms with Crippen LogP contribution in [0.5, 0.6) is 5.75 Å². The Bertz CT molecular complexity index is 1020. The molecule has 38 heavy (non-hydrogen) atoms. The number of imide groups is 1. The van der Waals surface area contributed by atoms with Crippen LogP contribution >= 0.6 is 0 Å². The van der Waals surface area contributed by atoms with E-state index in [4.69, 9.17) is 9.47 Å². The van der Waals surface area contributed by atoms with Crippen molar-refractivity contribution in [2.24, 2.45) is 0 Å². The Hall–Kier alpha value is -3.41. The average molecular weight is 520 g/mol. The summed E-state index contributed by atoms with van der Waals surface area (Å²) in [5.74, 6) is 0.245. The summed E-state index contributed by atoms with van der Waals surface area (Å²) in [6, 6.07) is 15.6. The second-order valence-electron chi connectivity index (χ2n) is 9.78. The van der Waals surface area contributed by atoms with Crippen molar-refractivity contribution in [3.05, 3.63) is 66.2 Å². The Balaban J connectivity index is 1.20. The number of carbonyl (C=O) groups excluding carboxylic acids is 3. The summed E-state index contributed by atoms with van der Waals surface area (Å²) in [6.45, 7) is 3.79. The standard InChI is InChI=1S/C32H41NO5/c1-2-3-24-38-32(36)28-15-13-26(14-16-28)27-17-19-29(20-18-27)37-25-12-10-8-6-4-5-7-9-11-23-33-30(34)21-22-31(33)35/h13-22H,2-12,23-25H2,1H3. The normalized spacial score (nSPS) is 12.8. The molecule has 1 aliphatic heterocycles. The highest BCUT2D eigenvalue weighted by molar-refractivity contribution is 6.12. The van der Waals surface area contributed by atoms with Gasteiger partial charge in [0.25, 0.3) is 11.8 Å². The van der Waals surface area contributed by atoms with Gasteiger partial charge in [0.2, 0.25) is 0 Å². The molecule has 1 heterocycles. The Morgan fingerprint density at radius 1 is 0.658 bits per heavy atom. The smallest absolute Gasteiger partial charge is 0.338 e. The van der Waals surface area contributed by atoms with Crippen LogP contribution < -0.4 is 4.74 Å². The largest absolute Gasteiger partial charge is 0.494 e. The molecular weight excluding hydrogens is 478 g/mol. The molecule has 0 N–H and O–H groups in total. The Kier molecular flexibility index (Phi) is 12.6. The van der Waals surface area contributed by atoms with Crippen LogP contribution in [0.3, 0.4) is 0 Å². The van der Waals surface area contributed by atoms with Crippen LogP contribution in [-0.2, 0) is 14.3 Å². The van der Waals surface area contributed by atoms with Gasteiger partial charge in [0.15, 0.2) is 0 Å². The molecule has 0 atom stereocenters. The number of nitrogens with zero attached hydrogens (tertiary/aromatic N) is 1. The van der Waals surface area contributed by atoms with Crippen molar-refractivity contribution in [3.63, 3.8) is 0 Å². The van der Waals surface area contributed by atoms with E-state index in [0.29, 0.717) is 18.7 Å². The Labute approximate surface area is 227 Å². The summed E-state index contributed by atoms with van der Waals surface area (Å²) in [5, 5.41) is 0. The quantitative estimate of drug-likeness (QED) is 0.119. The van der Waals surface area contributed by atoms with Crippen molar-refractivity contribution in [1.29, 1.82) is 0 Å². The highest BCUT2D eigenvalue weighted by Crippen LogP contribution is 2.23. The lowest BCUT2D eigenvalue weighted by molar-refractivity contribution is -0.136. The van der Waals surface area contributed by atoms with Gasteiger partial charge in [0, 0.05) is 18.7 Å². The third-order valence-corrected chi connectivity index (χ3v) is 6.73. The lowest BCUT2D eigenvalue weighted by atomic mass is 10.0. The number of unbranched alkanes of at least 4 members (excludes halogenated alkanes) is 9. The van der Waals surface area contributed by atoms with Crippen molar-refractivity contribution in [1.82, 2.24) is 4.90 Å². The van der Waals surface area contributed by atoms with E-state index in [1.807, 2.05) is 48.5 Å². The number of hydrogen-bond donors (Lipinski definition) is 0. The van der Waals surface area contributed by atoms with Crippen molar-refractivity contribution in [2.45, 2.75) is 77.6 Å². The maximum absolute atomic E-state index is 12.1. The fraction of sp³-hybridized carbons (Fsp3) is 0.469. The highest BCUT2D eigenvalue weighted by atomic mass is 16.5. The first kappa shape index (κ1) is 29.2. The lowest BCUT2D eigenvalue weighted by Gasteiger charge is -2.13. The average Bonchev–Trinajstić information content (AvgIpc) is 3.26. The fourth-order valence-corrected chi connectivity index (χ4v) is 4.39. The van der Waals surface area contributed by atoms with E-state index < -0.39 is 0 Å². The minimum atomic E-state index is -0.269. The summed E-state index contributed by atoms with van der Waals surface area (Å²) in [4.78, 5) is 36.4.